The maximum atomic E-state index is 10.1. The Labute approximate surface area is 71.9 Å². The molecule has 2 nitrogen and oxygen atoms in total. The third-order valence-corrected chi connectivity index (χ3v) is 1.78. The number of aliphatic carboxylic acids is 1. The number of unbranched alkanes of at least 4 members (excludes halogenated alkanes) is 1. The molecule has 0 radical (unpaired) electrons. The van der Waals surface area contributed by atoms with Crippen LogP contribution in [0.15, 0.2) is 11.1 Å². The third-order valence-electron chi connectivity index (χ3n) is 1.37. The van der Waals surface area contributed by atoms with E-state index in [0.717, 1.165) is 17.9 Å². The van der Waals surface area contributed by atoms with E-state index in [1.165, 1.54) is 0 Å². The Morgan fingerprint density at radius 3 is 2.45 bits per heavy atom. The zero-order valence-electron chi connectivity index (χ0n) is 6.64. The van der Waals surface area contributed by atoms with E-state index < -0.39 is 5.97 Å². The van der Waals surface area contributed by atoms with E-state index in [0.29, 0.717) is 6.42 Å². The van der Waals surface area contributed by atoms with E-state index in [1.54, 1.807) is 0 Å². The molecule has 0 aromatic heterocycles. The Morgan fingerprint density at radius 2 is 2.00 bits per heavy atom. The highest BCUT2D eigenvalue weighted by Crippen LogP contribution is 2.11. The molecule has 0 bridgehead atoms. The van der Waals surface area contributed by atoms with Gasteiger partial charge in [0.2, 0.25) is 0 Å². The van der Waals surface area contributed by atoms with Crippen molar-refractivity contribution in [3.8, 4) is 0 Å². The van der Waals surface area contributed by atoms with E-state index >= 15 is 0 Å². The molecule has 0 unspecified atom stereocenters. The molecule has 0 aromatic rings. The van der Waals surface area contributed by atoms with Crippen LogP contribution in [0.2, 0.25) is 0 Å². The summed E-state index contributed by atoms with van der Waals surface area (Å²) in [6.07, 6.45) is 4.44. The highest BCUT2D eigenvalue weighted by atomic mass is 35.5. The van der Waals surface area contributed by atoms with Gasteiger partial charge in [-0.3, -0.25) is 4.79 Å². The minimum atomic E-state index is -0.735. The maximum absolute atomic E-state index is 10.1. The zero-order valence-corrected chi connectivity index (χ0v) is 7.40. The summed E-state index contributed by atoms with van der Waals surface area (Å²) < 4.78 is 0. The lowest BCUT2D eigenvalue weighted by atomic mass is 10.2. The quantitative estimate of drug-likeness (QED) is 0.654. The Morgan fingerprint density at radius 1 is 1.45 bits per heavy atom. The second-order valence-corrected chi connectivity index (χ2v) is 2.82. The normalized spacial score (nSPS) is 11.6. The molecule has 0 aromatic carbocycles. The van der Waals surface area contributed by atoms with Crippen molar-refractivity contribution in [2.45, 2.75) is 32.6 Å². The second-order valence-electron chi connectivity index (χ2n) is 2.34. The van der Waals surface area contributed by atoms with E-state index in [4.69, 9.17) is 16.7 Å². The molecule has 0 aliphatic carbocycles. The molecular formula is C8H13ClO2. The van der Waals surface area contributed by atoms with Crippen LogP contribution in [0.4, 0.5) is 0 Å². The number of carboxylic acid groups (broad SMARTS) is 1. The Kier molecular flexibility index (Phi) is 5.94. The predicted molar refractivity (Wildman–Crippen MR) is 45.7 cm³/mol. The van der Waals surface area contributed by atoms with Gasteiger partial charge in [0.1, 0.15) is 0 Å². The summed E-state index contributed by atoms with van der Waals surface area (Å²) in [7, 11) is 0. The lowest BCUT2D eigenvalue weighted by molar-refractivity contribution is -0.137. The molecule has 0 saturated heterocycles. The van der Waals surface area contributed by atoms with Gasteiger partial charge in [0.25, 0.3) is 0 Å². The molecule has 0 aliphatic rings. The van der Waals surface area contributed by atoms with Crippen LogP contribution >= 0.6 is 11.6 Å². The maximum Gasteiger partial charge on any atom is 0.303 e. The monoisotopic (exact) mass is 176 g/mol. The van der Waals surface area contributed by atoms with Gasteiger partial charge in [-0.15, -0.1) is 0 Å². The van der Waals surface area contributed by atoms with Gasteiger partial charge in [-0.1, -0.05) is 17.7 Å². The highest BCUT2D eigenvalue weighted by Gasteiger charge is 1.96. The molecule has 11 heavy (non-hydrogen) atoms. The summed E-state index contributed by atoms with van der Waals surface area (Å²) >= 11 is 5.69. The first-order valence-corrected chi connectivity index (χ1v) is 4.07. The van der Waals surface area contributed by atoms with Crippen LogP contribution in [0.3, 0.4) is 0 Å². The average Bonchev–Trinajstić information content (AvgIpc) is 1.97. The molecule has 0 heterocycles. The molecule has 0 atom stereocenters. The summed E-state index contributed by atoms with van der Waals surface area (Å²) in [5.74, 6) is -0.735. The van der Waals surface area contributed by atoms with Crippen LogP contribution in [0.1, 0.15) is 32.6 Å². The van der Waals surface area contributed by atoms with Crippen molar-refractivity contribution in [1.82, 2.24) is 0 Å². The molecule has 3 heteroatoms. The van der Waals surface area contributed by atoms with Gasteiger partial charge >= 0.3 is 5.97 Å². The summed E-state index contributed by atoms with van der Waals surface area (Å²) in [6, 6.07) is 0. The van der Waals surface area contributed by atoms with Gasteiger partial charge < -0.3 is 5.11 Å². The lowest BCUT2D eigenvalue weighted by Crippen LogP contribution is -1.93. The first-order chi connectivity index (χ1) is 5.16. The first kappa shape index (κ1) is 10.5. The Bertz CT molecular complexity index is 152. The predicted octanol–water partition coefficient (Wildman–Crippen LogP) is 2.77. The molecule has 64 valence electrons. The zero-order chi connectivity index (χ0) is 8.69. The number of halogens is 1. The number of carbonyl (C=O) groups is 1. The van der Waals surface area contributed by atoms with Crippen molar-refractivity contribution in [3.63, 3.8) is 0 Å². The van der Waals surface area contributed by atoms with Gasteiger partial charge in [0, 0.05) is 11.5 Å². The number of hydrogen-bond donors (Lipinski definition) is 1. The summed E-state index contributed by atoms with van der Waals surface area (Å²) in [5, 5.41) is 9.10. The van der Waals surface area contributed by atoms with Crippen molar-refractivity contribution < 1.29 is 9.90 Å². The number of hydrogen-bond acceptors (Lipinski definition) is 1. The molecule has 0 spiro atoms. The second kappa shape index (κ2) is 6.23. The van der Waals surface area contributed by atoms with Gasteiger partial charge in [-0.25, -0.2) is 0 Å². The first-order valence-electron chi connectivity index (χ1n) is 3.69. The number of allylic oxidation sites excluding steroid dienone is 2. The smallest absolute Gasteiger partial charge is 0.303 e. The topological polar surface area (TPSA) is 37.3 Å². The van der Waals surface area contributed by atoms with E-state index in [2.05, 4.69) is 0 Å². The highest BCUT2D eigenvalue weighted by molar-refractivity contribution is 6.29. The average molecular weight is 177 g/mol. The fourth-order valence-corrected chi connectivity index (χ4v) is 0.848. The fourth-order valence-electron chi connectivity index (χ4n) is 0.714. The number of carboxylic acids is 1. The third kappa shape index (κ3) is 7.40. The van der Waals surface area contributed by atoms with Crippen LogP contribution in [-0.4, -0.2) is 11.1 Å². The van der Waals surface area contributed by atoms with Crippen molar-refractivity contribution in [2.24, 2.45) is 0 Å². The van der Waals surface area contributed by atoms with E-state index in [-0.39, 0.29) is 6.42 Å². The van der Waals surface area contributed by atoms with Crippen LogP contribution in [0.5, 0.6) is 0 Å². The van der Waals surface area contributed by atoms with Crippen molar-refractivity contribution in [1.29, 1.82) is 0 Å². The molecule has 0 amide bonds. The van der Waals surface area contributed by atoms with Gasteiger partial charge in [-0.2, -0.15) is 0 Å². The molecule has 0 aliphatic heterocycles. The summed E-state index contributed by atoms with van der Waals surface area (Å²) in [5.41, 5.74) is 0. The standard InChI is InChI=1S/C8H13ClO2/c1-2-7(9)5-3-4-6-8(10)11/h2H,3-6H2,1H3,(H,10,11)/b7-2-. The largest absolute Gasteiger partial charge is 0.481 e. The summed E-state index contributed by atoms with van der Waals surface area (Å²) in [6.45, 7) is 1.87. The van der Waals surface area contributed by atoms with E-state index in [1.807, 2.05) is 13.0 Å². The number of rotatable bonds is 5. The van der Waals surface area contributed by atoms with Gasteiger partial charge in [-0.05, 0) is 26.2 Å². The molecule has 1 N–H and O–H groups in total. The molecule has 0 rings (SSSR count). The SMILES string of the molecule is C/C=C(\Cl)CCCCC(=O)O. The fraction of sp³-hybridized carbons (Fsp3) is 0.625. The van der Waals surface area contributed by atoms with Crippen molar-refractivity contribution in [2.75, 3.05) is 0 Å². The van der Waals surface area contributed by atoms with Gasteiger partial charge in [0.15, 0.2) is 0 Å². The van der Waals surface area contributed by atoms with Crippen LogP contribution in [0.25, 0.3) is 0 Å². The van der Waals surface area contributed by atoms with Crippen LogP contribution in [0, 0.1) is 0 Å². The minimum Gasteiger partial charge on any atom is -0.481 e. The van der Waals surface area contributed by atoms with E-state index in [9.17, 15) is 4.79 Å². The summed E-state index contributed by atoms with van der Waals surface area (Å²) in [4.78, 5) is 10.1. The Balaban J connectivity index is 3.21. The minimum absolute atomic E-state index is 0.244. The molecular weight excluding hydrogens is 164 g/mol. The molecule has 0 fully saturated rings. The van der Waals surface area contributed by atoms with Crippen molar-refractivity contribution >= 4 is 17.6 Å². The van der Waals surface area contributed by atoms with Crippen LogP contribution in [-0.2, 0) is 4.79 Å². The van der Waals surface area contributed by atoms with Crippen molar-refractivity contribution in [3.05, 3.63) is 11.1 Å². The van der Waals surface area contributed by atoms with Gasteiger partial charge in [0.05, 0.1) is 0 Å². The molecule has 0 saturated carbocycles. The Hall–Kier alpha value is -0.500. The lowest BCUT2D eigenvalue weighted by Gasteiger charge is -1.96. The van der Waals surface area contributed by atoms with Crippen LogP contribution < -0.4 is 0 Å².